The first-order valence-electron chi connectivity index (χ1n) is 6.22. The van der Waals surface area contributed by atoms with E-state index in [1.165, 1.54) is 29.5 Å². The van der Waals surface area contributed by atoms with Gasteiger partial charge in [-0.25, -0.2) is 0 Å². The number of aryl methyl sites for hydroxylation is 2. The fourth-order valence-electron chi connectivity index (χ4n) is 2.31. The quantitative estimate of drug-likeness (QED) is 0.796. The zero-order chi connectivity index (χ0) is 11.5. The minimum atomic E-state index is 0.321. The maximum Gasteiger partial charge on any atom is 0.0449 e. The van der Waals surface area contributed by atoms with Crippen LogP contribution in [0.3, 0.4) is 0 Å². The van der Waals surface area contributed by atoms with E-state index in [0.29, 0.717) is 12.6 Å². The van der Waals surface area contributed by atoms with Gasteiger partial charge < -0.3 is 11.1 Å². The van der Waals surface area contributed by atoms with Crippen LogP contribution in [-0.4, -0.2) is 13.1 Å². The molecule has 1 aliphatic rings. The van der Waals surface area contributed by atoms with Crippen molar-refractivity contribution in [2.24, 2.45) is 11.7 Å². The van der Waals surface area contributed by atoms with E-state index in [1.807, 2.05) is 0 Å². The van der Waals surface area contributed by atoms with Gasteiger partial charge in [0, 0.05) is 12.6 Å². The molecule has 88 valence electrons. The van der Waals surface area contributed by atoms with E-state index in [9.17, 15) is 0 Å². The molecule has 2 nitrogen and oxygen atoms in total. The van der Waals surface area contributed by atoms with Crippen molar-refractivity contribution >= 4 is 0 Å². The first-order chi connectivity index (χ1) is 7.72. The minimum absolute atomic E-state index is 0.321. The lowest BCUT2D eigenvalue weighted by Gasteiger charge is -2.21. The second kappa shape index (κ2) is 4.98. The second-order valence-electron chi connectivity index (χ2n) is 4.95. The Balaban J connectivity index is 2.11. The molecule has 1 aliphatic carbocycles. The van der Waals surface area contributed by atoms with Gasteiger partial charge in [0.2, 0.25) is 0 Å². The van der Waals surface area contributed by atoms with Gasteiger partial charge in [0.15, 0.2) is 0 Å². The molecule has 0 saturated heterocycles. The van der Waals surface area contributed by atoms with Gasteiger partial charge >= 0.3 is 0 Å². The van der Waals surface area contributed by atoms with Gasteiger partial charge in [0.1, 0.15) is 0 Å². The summed E-state index contributed by atoms with van der Waals surface area (Å²) in [5, 5.41) is 3.60. The van der Waals surface area contributed by atoms with E-state index < -0.39 is 0 Å². The Morgan fingerprint density at radius 1 is 1.31 bits per heavy atom. The van der Waals surface area contributed by atoms with E-state index in [-0.39, 0.29) is 0 Å². The summed E-state index contributed by atoms with van der Waals surface area (Å²) in [4.78, 5) is 0. The molecule has 1 aromatic carbocycles. The van der Waals surface area contributed by atoms with Crippen LogP contribution >= 0.6 is 0 Å². The van der Waals surface area contributed by atoms with Gasteiger partial charge in [-0.05, 0) is 55.8 Å². The highest BCUT2D eigenvalue weighted by atomic mass is 14.9. The highest BCUT2D eigenvalue weighted by Crippen LogP contribution is 2.29. The zero-order valence-corrected chi connectivity index (χ0v) is 10.3. The van der Waals surface area contributed by atoms with Crippen molar-refractivity contribution in [1.29, 1.82) is 0 Å². The van der Waals surface area contributed by atoms with Crippen molar-refractivity contribution in [3.63, 3.8) is 0 Å². The highest BCUT2D eigenvalue weighted by molar-refractivity contribution is 5.36. The summed E-state index contributed by atoms with van der Waals surface area (Å²) in [6.45, 7) is 6.14. The maximum atomic E-state index is 5.89. The Bertz CT molecular complexity index is 336. The normalized spacial score (nSPS) is 17.4. The van der Waals surface area contributed by atoms with Gasteiger partial charge in [0.05, 0.1) is 0 Å². The van der Waals surface area contributed by atoms with Crippen LogP contribution in [0.4, 0.5) is 0 Å². The topological polar surface area (TPSA) is 38.0 Å². The predicted octanol–water partition coefficient (Wildman–Crippen LogP) is 2.30. The average Bonchev–Trinajstić information content (AvgIpc) is 3.06. The SMILES string of the molecule is Cc1cccc(C)c1C(CN)NCC1CC1. The molecule has 1 unspecified atom stereocenters. The van der Waals surface area contributed by atoms with E-state index >= 15 is 0 Å². The summed E-state index contributed by atoms with van der Waals surface area (Å²) in [7, 11) is 0. The third-order valence-corrected chi connectivity index (χ3v) is 3.48. The molecule has 2 heteroatoms. The number of rotatable bonds is 5. The molecular weight excluding hydrogens is 196 g/mol. The van der Waals surface area contributed by atoms with Crippen molar-refractivity contribution in [3.8, 4) is 0 Å². The number of nitrogens with one attached hydrogen (secondary N) is 1. The summed E-state index contributed by atoms with van der Waals surface area (Å²) in [5.41, 5.74) is 9.97. The maximum absolute atomic E-state index is 5.89. The molecule has 16 heavy (non-hydrogen) atoms. The van der Waals surface area contributed by atoms with Gasteiger partial charge in [0.25, 0.3) is 0 Å². The van der Waals surface area contributed by atoms with E-state index in [4.69, 9.17) is 5.73 Å². The lowest BCUT2D eigenvalue weighted by atomic mass is 9.96. The fraction of sp³-hybridized carbons (Fsp3) is 0.571. The van der Waals surface area contributed by atoms with Crippen LogP contribution in [0, 0.1) is 19.8 Å². The van der Waals surface area contributed by atoms with Crippen LogP contribution in [0.5, 0.6) is 0 Å². The van der Waals surface area contributed by atoms with Crippen LogP contribution < -0.4 is 11.1 Å². The molecule has 1 saturated carbocycles. The van der Waals surface area contributed by atoms with Crippen molar-refractivity contribution in [3.05, 3.63) is 34.9 Å². The molecule has 0 aliphatic heterocycles. The van der Waals surface area contributed by atoms with E-state index in [1.54, 1.807) is 0 Å². The standard InChI is InChI=1S/C14H22N2/c1-10-4-3-5-11(2)14(10)13(8-15)16-9-12-6-7-12/h3-5,12-13,16H,6-9,15H2,1-2H3. The van der Waals surface area contributed by atoms with Crippen LogP contribution in [0.15, 0.2) is 18.2 Å². The van der Waals surface area contributed by atoms with Crippen LogP contribution in [0.1, 0.15) is 35.6 Å². The molecule has 0 heterocycles. The monoisotopic (exact) mass is 218 g/mol. The molecule has 1 fully saturated rings. The molecule has 0 aromatic heterocycles. The third kappa shape index (κ3) is 2.63. The van der Waals surface area contributed by atoms with Crippen LogP contribution in [0.25, 0.3) is 0 Å². The second-order valence-corrected chi connectivity index (χ2v) is 4.95. The summed E-state index contributed by atoms with van der Waals surface area (Å²) in [5.74, 6) is 0.901. The molecule has 2 rings (SSSR count). The van der Waals surface area contributed by atoms with Crippen molar-refractivity contribution in [2.45, 2.75) is 32.7 Å². The molecule has 3 N–H and O–H groups in total. The lowest BCUT2D eigenvalue weighted by Crippen LogP contribution is -2.30. The summed E-state index contributed by atoms with van der Waals surface area (Å²) in [6.07, 6.45) is 2.77. The zero-order valence-electron chi connectivity index (χ0n) is 10.3. The third-order valence-electron chi connectivity index (χ3n) is 3.48. The summed E-state index contributed by atoms with van der Waals surface area (Å²) >= 11 is 0. The summed E-state index contributed by atoms with van der Waals surface area (Å²) in [6, 6.07) is 6.78. The molecule has 1 aromatic rings. The Kier molecular flexibility index (Phi) is 3.62. The minimum Gasteiger partial charge on any atom is -0.329 e. The molecular formula is C14H22N2. The Hall–Kier alpha value is -0.860. The van der Waals surface area contributed by atoms with Gasteiger partial charge in [-0.15, -0.1) is 0 Å². The van der Waals surface area contributed by atoms with E-state index in [2.05, 4.69) is 37.4 Å². The Morgan fingerprint density at radius 2 is 1.94 bits per heavy atom. The number of nitrogens with two attached hydrogens (primary N) is 1. The van der Waals surface area contributed by atoms with Crippen molar-refractivity contribution in [1.82, 2.24) is 5.32 Å². The Morgan fingerprint density at radius 3 is 2.44 bits per heavy atom. The molecule has 0 amide bonds. The first-order valence-corrected chi connectivity index (χ1v) is 6.22. The number of benzene rings is 1. The average molecular weight is 218 g/mol. The van der Waals surface area contributed by atoms with Gasteiger partial charge in [-0.3, -0.25) is 0 Å². The molecule has 1 atom stereocenters. The molecule has 0 spiro atoms. The highest BCUT2D eigenvalue weighted by Gasteiger charge is 2.23. The van der Waals surface area contributed by atoms with Crippen LogP contribution in [-0.2, 0) is 0 Å². The van der Waals surface area contributed by atoms with Gasteiger partial charge in [-0.2, -0.15) is 0 Å². The molecule has 0 radical (unpaired) electrons. The smallest absolute Gasteiger partial charge is 0.0449 e. The largest absolute Gasteiger partial charge is 0.329 e. The fourth-order valence-corrected chi connectivity index (χ4v) is 2.31. The van der Waals surface area contributed by atoms with Crippen LogP contribution in [0.2, 0.25) is 0 Å². The number of hydrogen-bond donors (Lipinski definition) is 2. The lowest BCUT2D eigenvalue weighted by molar-refractivity contribution is 0.518. The predicted molar refractivity (Wildman–Crippen MR) is 68.4 cm³/mol. The van der Waals surface area contributed by atoms with Crippen molar-refractivity contribution < 1.29 is 0 Å². The van der Waals surface area contributed by atoms with Gasteiger partial charge in [-0.1, -0.05) is 18.2 Å². The molecule has 0 bridgehead atoms. The van der Waals surface area contributed by atoms with E-state index in [0.717, 1.165) is 12.5 Å². The van der Waals surface area contributed by atoms with Crippen molar-refractivity contribution in [2.75, 3.05) is 13.1 Å². The Labute approximate surface area is 98.2 Å². The summed E-state index contributed by atoms with van der Waals surface area (Å²) < 4.78 is 0. The number of hydrogen-bond acceptors (Lipinski definition) is 2. The first kappa shape index (κ1) is 11.6.